The van der Waals surface area contributed by atoms with Gasteiger partial charge in [0, 0.05) is 36.7 Å². The van der Waals surface area contributed by atoms with Crippen LogP contribution in [0.1, 0.15) is 26.3 Å². The van der Waals surface area contributed by atoms with Crippen LogP contribution in [0, 0.1) is 5.82 Å². The van der Waals surface area contributed by atoms with Crippen molar-refractivity contribution in [3.05, 3.63) is 58.3 Å². The van der Waals surface area contributed by atoms with Crippen LogP contribution in [0.25, 0.3) is 0 Å². The predicted octanol–water partition coefficient (Wildman–Crippen LogP) is 3.94. The molecule has 0 bridgehead atoms. The molecule has 3 rings (SSSR count). The van der Waals surface area contributed by atoms with Gasteiger partial charge < -0.3 is 19.5 Å². The maximum absolute atomic E-state index is 13.1. The Bertz CT molecular complexity index is 999. The number of hydrogen-bond donors (Lipinski definition) is 1. The van der Waals surface area contributed by atoms with Crippen LogP contribution >= 0.6 is 15.9 Å². The Labute approximate surface area is 201 Å². The molecule has 1 aliphatic rings. The number of benzene rings is 2. The fourth-order valence-corrected chi connectivity index (χ4v) is 3.96. The van der Waals surface area contributed by atoms with Crippen molar-refractivity contribution in [2.75, 3.05) is 26.2 Å². The molecule has 0 spiro atoms. The predicted molar refractivity (Wildman–Crippen MR) is 125 cm³/mol. The van der Waals surface area contributed by atoms with Gasteiger partial charge in [-0.15, -0.1) is 0 Å². The number of amides is 1. The molecule has 178 valence electrons. The third kappa shape index (κ3) is 6.68. The smallest absolute Gasteiger partial charge is 0.347 e. The number of halogens is 2. The van der Waals surface area contributed by atoms with Crippen LogP contribution in [0.3, 0.4) is 0 Å². The molecule has 1 saturated heterocycles. The Morgan fingerprint density at radius 1 is 1.15 bits per heavy atom. The van der Waals surface area contributed by atoms with Crippen molar-refractivity contribution in [2.24, 2.45) is 0 Å². The van der Waals surface area contributed by atoms with Crippen molar-refractivity contribution in [3.63, 3.8) is 0 Å². The molecule has 1 heterocycles. The van der Waals surface area contributed by atoms with Gasteiger partial charge in [0.1, 0.15) is 5.82 Å². The second-order valence-electron chi connectivity index (χ2n) is 8.59. The summed E-state index contributed by atoms with van der Waals surface area (Å²) in [6, 6.07) is 11.4. The number of rotatable bonds is 8. The SMILES string of the molecule is CC1CN(Cc2ccc(F)cc2)CCN1C(=O)COc1ccc(Br)cc1OC(C)(C)C(=O)O. The monoisotopic (exact) mass is 522 g/mol. The van der Waals surface area contributed by atoms with E-state index in [0.29, 0.717) is 36.4 Å². The third-order valence-corrected chi connectivity index (χ3v) is 5.98. The van der Waals surface area contributed by atoms with Crippen molar-refractivity contribution >= 4 is 27.8 Å². The van der Waals surface area contributed by atoms with Gasteiger partial charge >= 0.3 is 5.97 Å². The van der Waals surface area contributed by atoms with Gasteiger partial charge in [0.15, 0.2) is 23.7 Å². The maximum Gasteiger partial charge on any atom is 0.347 e. The largest absolute Gasteiger partial charge is 0.480 e. The number of nitrogens with zero attached hydrogens (tertiary/aromatic N) is 2. The average molecular weight is 523 g/mol. The normalized spacial score (nSPS) is 17.0. The summed E-state index contributed by atoms with van der Waals surface area (Å²) in [6.45, 7) is 7.33. The number of carboxylic acid groups (broad SMARTS) is 1. The minimum Gasteiger partial charge on any atom is -0.480 e. The summed E-state index contributed by atoms with van der Waals surface area (Å²) < 4.78 is 25.2. The fraction of sp³-hybridized carbons (Fsp3) is 0.417. The van der Waals surface area contributed by atoms with Crippen molar-refractivity contribution in [3.8, 4) is 11.5 Å². The number of aliphatic carboxylic acids is 1. The van der Waals surface area contributed by atoms with E-state index in [4.69, 9.17) is 9.47 Å². The Morgan fingerprint density at radius 2 is 1.85 bits per heavy atom. The summed E-state index contributed by atoms with van der Waals surface area (Å²) in [6.07, 6.45) is 0. The van der Waals surface area contributed by atoms with Crippen molar-refractivity contribution in [2.45, 2.75) is 39.0 Å². The van der Waals surface area contributed by atoms with Crippen LogP contribution in [-0.2, 0) is 16.1 Å². The highest BCUT2D eigenvalue weighted by atomic mass is 79.9. The van der Waals surface area contributed by atoms with Crippen LogP contribution in [0.2, 0.25) is 0 Å². The Hall–Kier alpha value is -2.65. The molecule has 0 aromatic heterocycles. The lowest BCUT2D eigenvalue weighted by Gasteiger charge is -2.40. The standard InChI is InChI=1S/C24H28BrFN2O5/c1-16-13-27(14-17-4-7-19(26)8-5-17)10-11-28(16)22(29)15-32-20-9-6-18(25)12-21(20)33-24(2,3)23(30)31/h4-9,12,16H,10-11,13-15H2,1-3H3,(H,30,31). The summed E-state index contributed by atoms with van der Waals surface area (Å²) in [4.78, 5) is 28.3. The van der Waals surface area contributed by atoms with Gasteiger partial charge in [0.05, 0.1) is 0 Å². The Balaban J connectivity index is 1.58. The molecule has 1 unspecified atom stereocenters. The van der Waals surface area contributed by atoms with Gasteiger partial charge in [0.25, 0.3) is 5.91 Å². The van der Waals surface area contributed by atoms with E-state index in [0.717, 1.165) is 5.56 Å². The van der Waals surface area contributed by atoms with Crippen LogP contribution < -0.4 is 9.47 Å². The van der Waals surface area contributed by atoms with Crippen LogP contribution in [0.5, 0.6) is 11.5 Å². The summed E-state index contributed by atoms with van der Waals surface area (Å²) in [5.74, 6) is -0.995. The summed E-state index contributed by atoms with van der Waals surface area (Å²) >= 11 is 3.34. The Kier molecular flexibility index (Phi) is 7.97. The highest BCUT2D eigenvalue weighted by Crippen LogP contribution is 2.33. The van der Waals surface area contributed by atoms with Crippen LogP contribution in [0.4, 0.5) is 4.39 Å². The second kappa shape index (κ2) is 10.5. The van der Waals surface area contributed by atoms with Crippen molar-refractivity contribution in [1.82, 2.24) is 9.80 Å². The minimum atomic E-state index is -1.46. The maximum atomic E-state index is 13.1. The highest BCUT2D eigenvalue weighted by Gasteiger charge is 2.31. The van der Waals surface area contributed by atoms with Crippen molar-refractivity contribution in [1.29, 1.82) is 0 Å². The molecule has 1 amide bonds. The van der Waals surface area contributed by atoms with E-state index in [1.807, 2.05) is 6.92 Å². The number of carbonyl (C=O) groups excluding carboxylic acids is 1. The molecule has 7 nitrogen and oxygen atoms in total. The van der Waals surface area contributed by atoms with Gasteiger partial charge in [-0.2, -0.15) is 0 Å². The van der Waals surface area contributed by atoms with E-state index < -0.39 is 11.6 Å². The molecule has 9 heteroatoms. The van der Waals surface area contributed by atoms with Gasteiger partial charge in [-0.1, -0.05) is 28.1 Å². The number of hydrogen-bond acceptors (Lipinski definition) is 5. The first-order valence-corrected chi connectivity index (χ1v) is 11.5. The van der Waals surface area contributed by atoms with Gasteiger partial charge in [-0.25, -0.2) is 9.18 Å². The van der Waals surface area contributed by atoms with Crippen molar-refractivity contribution < 1.29 is 28.6 Å². The molecule has 0 radical (unpaired) electrons. The molecule has 0 aliphatic carbocycles. The van der Waals surface area contributed by atoms with E-state index >= 15 is 0 Å². The zero-order chi connectivity index (χ0) is 24.2. The molecule has 2 aromatic carbocycles. The first-order valence-electron chi connectivity index (χ1n) is 10.7. The van der Waals surface area contributed by atoms with Crippen LogP contribution in [0.15, 0.2) is 46.9 Å². The van der Waals surface area contributed by atoms with E-state index in [2.05, 4.69) is 20.8 Å². The van der Waals surface area contributed by atoms with E-state index in [9.17, 15) is 19.1 Å². The third-order valence-electron chi connectivity index (χ3n) is 5.49. The van der Waals surface area contributed by atoms with E-state index in [1.54, 1.807) is 35.2 Å². The first kappa shape index (κ1) is 25.0. The molecule has 2 aromatic rings. The average Bonchev–Trinajstić information content (AvgIpc) is 2.74. The lowest BCUT2D eigenvalue weighted by atomic mass is 10.1. The Morgan fingerprint density at radius 3 is 2.48 bits per heavy atom. The summed E-state index contributed by atoms with van der Waals surface area (Å²) in [5.41, 5.74) is -0.433. The molecule has 0 saturated carbocycles. The molecule has 33 heavy (non-hydrogen) atoms. The van der Waals surface area contributed by atoms with E-state index in [1.165, 1.54) is 26.0 Å². The number of ether oxygens (including phenoxy) is 2. The molecule has 1 aliphatic heterocycles. The highest BCUT2D eigenvalue weighted by molar-refractivity contribution is 9.10. The quantitative estimate of drug-likeness (QED) is 0.565. The zero-order valence-electron chi connectivity index (χ0n) is 18.9. The molecular weight excluding hydrogens is 495 g/mol. The van der Waals surface area contributed by atoms with Crippen LogP contribution in [-0.4, -0.2) is 64.7 Å². The van der Waals surface area contributed by atoms with Gasteiger partial charge in [-0.3, -0.25) is 9.69 Å². The fourth-order valence-electron chi connectivity index (χ4n) is 3.62. The summed E-state index contributed by atoms with van der Waals surface area (Å²) in [7, 11) is 0. The van der Waals surface area contributed by atoms with Gasteiger partial charge in [0.2, 0.25) is 0 Å². The molecule has 1 N–H and O–H groups in total. The number of carbonyl (C=O) groups is 2. The molecule has 1 fully saturated rings. The minimum absolute atomic E-state index is 0.0121. The molecule has 1 atom stereocenters. The molecular formula is C24H28BrFN2O5. The lowest BCUT2D eigenvalue weighted by molar-refractivity contribution is -0.152. The van der Waals surface area contributed by atoms with Gasteiger partial charge in [-0.05, 0) is 56.7 Å². The summed E-state index contributed by atoms with van der Waals surface area (Å²) in [5, 5.41) is 9.35. The zero-order valence-corrected chi connectivity index (χ0v) is 20.5. The second-order valence-corrected chi connectivity index (χ2v) is 9.51. The topological polar surface area (TPSA) is 79.3 Å². The lowest BCUT2D eigenvalue weighted by Crippen LogP contribution is -2.54. The number of piperazine rings is 1. The first-order chi connectivity index (χ1) is 15.5. The number of carboxylic acids is 1. The van der Waals surface area contributed by atoms with E-state index in [-0.39, 0.29) is 30.1 Å².